The van der Waals surface area contributed by atoms with Gasteiger partial charge in [-0.3, -0.25) is 4.79 Å². The molecule has 4 aromatic rings. The third-order valence-electron chi connectivity index (χ3n) is 4.29. The molecule has 0 saturated carbocycles. The molecule has 4 rings (SSSR count). The van der Waals surface area contributed by atoms with Crippen molar-refractivity contribution >= 4 is 22.4 Å². The highest BCUT2D eigenvalue weighted by Crippen LogP contribution is 2.20. The fourth-order valence-electron chi connectivity index (χ4n) is 2.82. The van der Waals surface area contributed by atoms with Crippen LogP contribution in [-0.4, -0.2) is 21.2 Å². The van der Waals surface area contributed by atoms with Gasteiger partial charge in [-0.15, -0.1) is 5.10 Å². The predicted octanol–water partition coefficient (Wildman–Crippen LogP) is 3.33. The number of fused-ring (bicyclic) bond motifs is 1. The Bertz CT molecular complexity index is 1180. The van der Waals surface area contributed by atoms with Gasteiger partial charge in [0.1, 0.15) is 5.75 Å². The van der Waals surface area contributed by atoms with Crippen molar-refractivity contribution in [1.29, 1.82) is 0 Å². The van der Waals surface area contributed by atoms with Crippen LogP contribution in [0, 0.1) is 0 Å². The Balaban J connectivity index is 1.68. The van der Waals surface area contributed by atoms with E-state index in [0.717, 1.165) is 23.3 Å². The number of nitrogens with zero attached hydrogens (tertiary/aromatic N) is 3. The molecule has 2 aromatic carbocycles. The van der Waals surface area contributed by atoms with Gasteiger partial charge in [-0.05, 0) is 54.8 Å². The first-order valence-corrected chi connectivity index (χ1v) is 9.73. The number of thiazole rings is 1. The minimum absolute atomic E-state index is 0.140. The normalized spacial score (nSPS) is 12.0. The Morgan fingerprint density at radius 2 is 1.81 bits per heavy atom. The number of hydrogen-bond acceptors (Lipinski definition) is 5. The van der Waals surface area contributed by atoms with E-state index in [0.29, 0.717) is 21.9 Å². The van der Waals surface area contributed by atoms with E-state index in [1.807, 2.05) is 49.4 Å². The summed E-state index contributed by atoms with van der Waals surface area (Å²) in [4.78, 5) is 17.8. The van der Waals surface area contributed by atoms with Crippen molar-refractivity contribution < 1.29 is 4.74 Å². The van der Waals surface area contributed by atoms with Crippen molar-refractivity contribution in [3.8, 4) is 17.1 Å². The highest BCUT2D eigenvalue weighted by atomic mass is 32.1. The lowest BCUT2D eigenvalue weighted by molar-refractivity contribution is 0.340. The molecule has 0 N–H and O–H groups in total. The van der Waals surface area contributed by atoms with E-state index in [2.05, 4.69) is 29.1 Å². The van der Waals surface area contributed by atoms with Crippen LogP contribution < -0.4 is 14.8 Å². The summed E-state index contributed by atoms with van der Waals surface area (Å²) in [5, 5.41) is 4.39. The first kappa shape index (κ1) is 17.4. The van der Waals surface area contributed by atoms with Crippen molar-refractivity contribution in [1.82, 2.24) is 14.6 Å². The lowest BCUT2D eigenvalue weighted by Gasteiger charge is -2.02. The molecule has 0 aliphatic heterocycles. The van der Waals surface area contributed by atoms with E-state index < -0.39 is 0 Å². The third kappa shape index (κ3) is 3.48. The molecule has 27 heavy (non-hydrogen) atoms. The van der Waals surface area contributed by atoms with E-state index in [9.17, 15) is 4.79 Å². The highest BCUT2D eigenvalue weighted by Gasteiger charge is 2.12. The fraction of sp³-hybridized carbons (Fsp3) is 0.190. The molecular formula is C21H19N3O2S. The lowest BCUT2D eigenvalue weighted by atomic mass is 10.1. The minimum atomic E-state index is -0.140. The average Bonchev–Trinajstić information content (AvgIpc) is 3.23. The lowest BCUT2D eigenvalue weighted by Crippen LogP contribution is -2.23. The summed E-state index contributed by atoms with van der Waals surface area (Å²) in [5.74, 6) is 1.35. The molecule has 0 fully saturated rings. The summed E-state index contributed by atoms with van der Waals surface area (Å²) < 4.78 is 7.46. The SMILES string of the molecule is CCOc1ccc(-c2nc3s/c(=C\c4ccc(CC)cc4)c(=O)n3n2)cc1. The molecule has 5 nitrogen and oxygen atoms in total. The highest BCUT2D eigenvalue weighted by molar-refractivity contribution is 7.15. The first-order chi connectivity index (χ1) is 13.2. The molecule has 0 atom stereocenters. The molecule has 6 heteroatoms. The van der Waals surface area contributed by atoms with E-state index in [4.69, 9.17) is 4.74 Å². The third-order valence-corrected chi connectivity index (χ3v) is 5.25. The van der Waals surface area contributed by atoms with Crippen molar-refractivity contribution in [2.45, 2.75) is 20.3 Å². The zero-order valence-electron chi connectivity index (χ0n) is 15.2. The number of ether oxygens (including phenoxy) is 1. The van der Waals surface area contributed by atoms with Gasteiger partial charge in [0, 0.05) is 5.56 Å². The number of hydrogen-bond donors (Lipinski definition) is 0. The van der Waals surface area contributed by atoms with Crippen LogP contribution in [0.5, 0.6) is 5.75 Å². The van der Waals surface area contributed by atoms with Gasteiger partial charge in [0.2, 0.25) is 4.96 Å². The second-order valence-corrected chi connectivity index (χ2v) is 7.11. The molecule has 136 valence electrons. The van der Waals surface area contributed by atoms with Crippen LogP contribution in [0.15, 0.2) is 53.3 Å². The van der Waals surface area contributed by atoms with E-state index in [-0.39, 0.29) is 5.56 Å². The zero-order chi connectivity index (χ0) is 18.8. The van der Waals surface area contributed by atoms with Gasteiger partial charge in [0.25, 0.3) is 5.56 Å². The van der Waals surface area contributed by atoms with Crippen LogP contribution in [0.25, 0.3) is 22.4 Å². The monoisotopic (exact) mass is 377 g/mol. The molecule has 2 heterocycles. The predicted molar refractivity (Wildman–Crippen MR) is 108 cm³/mol. The Kier molecular flexibility index (Phi) is 4.73. The summed E-state index contributed by atoms with van der Waals surface area (Å²) in [5.41, 5.74) is 2.99. The van der Waals surface area contributed by atoms with Crippen molar-refractivity contribution in [2.75, 3.05) is 6.61 Å². The van der Waals surface area contributed by atoms with Gasteiger partial charge in [-0.2, -0.15) is 9.50 Å². The van der Waals surface area contributed by atoms with Crippen LogP contribution in [0.4, 0.5) is 0 Å². The van der Waals surface area contributed by atoms with Gasteiger partial charge in [-0.1, -0.05) is 42.5 Å². The number of aromatic nitrogens is 3. The Hall–Kier alpha value is -2.99. The molecule has 2 aromatic heterocycles. The van der Waals surface area contributed by atoms with Crippen molar-refractivity contribution in [3.63, 3.8) is 0 Å². The molecular weight excluding hydrogens is 358 g/mol. The summed E-state index contributed by atoms with van der Waals surface area (Å²) in [6, 6.07) is 15.8. The molecule has 0 unspecified atom stereocenters. The maximum atomic E-state index is 12.7. The fourth-order valence-corrected chi connectivity index (χ4v) is 3.73. The molecule has 0 amide bonds. The van der Waals surface area contributed by atoms with Crippen molar-refractivity contribution in [3.05, 3.63) is 74.5 Å². The van der Waals surface area contributed by atoms with Gasteiger partial charge in [-0.25, -0.2) is 0 Å². The molecule has 0 aliphatic carbocycles. The van der Waals surface area contributed by atoms with Gasteiger partial charge in [0.05, 0.1) is 11.1 Å². The van der Waals surface area contributed by atoms with Crippen molar-refractivity contribution in [2.24, 2.45) is 0 Å². The van der Waals surface area contributed by atoms with Gasteiger partial charge < -0.3 is 4.74 Å². The van der Waals surface area contributed by atoms with Crippen LogP contribution in [0.2, 0.25) is 0 Å². The summed E-state index contributed by atoms with van der Waals surface area (Å²) >= 11 is 1.35. The minimum Gasteiger partial charge on any atom is -0.494 e. The summed E-state index contributed by atoms with van der Waals surface area (Å²) in [6.45, 7) is 4.69. The molecule has 0 radical (unpaired) electrons. The quantitative estimate of drug-likeness (QED) is 0.535. The van der Waals surface area contributed by atoms with Crippen LogP contribution in [0.1, 0.15) is 25.0 Å². The second-order valence-electron chi connectivity index (χ2n) is 6.10. The molecule has 0 aliphatic rings. The van der Waals surface area contributed by atoms with Crippen LogP contribution in [-0.2, 0) is 6.42 Å². The van der Waals surface area contributed by atoms with Crippen LogP contribution >= 0.6 is 11.3 Å². The van der Waals surface area contributed by atoms with E-state index in [1.54, 1.807) is 0 Å². The number of rotatable bonds is 5. The maximum absolute atomic E-state index is 12.7. The van der Waals surface area contributed by atoms with Gasteiger partial charge >= 0.3 is 0 Å². The zero-order valence-corrected chi connectivity index (χ0v) is 16.0. The Morgan fingerprint density at radius 3 is 2.44 bits per heavy atom. The largest absolute Gasteiger partial charge is 0.494 e. The van der Waals surface area contributed by atoms with Crippen LogP contribution in [0.3, 0.4) is 0 Å². The maximum Gasteiger partial charge on any atom is 0.291 e. The topological polar surface area (TPSA) is 56.5 Å². The molecule has 0 bridgehead atoms. The second kappa shape index (κ2) is 7.32. The van der Waals surface area contributed by atoms with Gasteiger partial charge in [0.15, 0.2) is 5.82 Å². The summed E-state index contributed by atoms with van der Waals surface area (Å²) in [6.07, 6.45) is 2.89. The smallest absolute Gasteiger partial charge is 0.291 e. The Labute approximate surface area is 160 Å². The van der Waals surface area contributed by atoms with E-state index in [1.165, 1.54) is 21.4 Å². The summed E-state index contributed by atoms with van der Waals surface area (Å²) in [7, 11) is 0. The standard InChI is InChI=1S/C21H19N3O2S/c1-3-14-5-7-15(8-6-14)13-18-20(25)24-21(27-18)22-19(23-24)16-9-11-17(12-10-16)26-4-2/h5-13H,3-4H2,1-2H3/b18-13-. The number of benzene rings is 2. The van der Waals surface area contributed by atoms with E-state index >= 15 is 0 Å². The molecule has 0 spiro atoms. The first-order valence-electron chi connectivity index (χ1n) is 8.91. The average molecular weight is 377 g/mol. The Morgan fingerprint density at radius 1 is 1.07 bits per heavy atom. The molecule has 0 saturated heterocycles. The number of aryl methyl sites for hydroxylation is 1.